The van der Waals surface area contributed by atoms with Crippen molar-refractivity contribution in [3.63, 3.8) is 0 Å². The number of phenols is 1. The molecule has 0 radical (unpaired) electrons. The Hall–Kier alpha value is -4.27. The topological polar surface area (TPSA) is 145 Å². The lowest BCUT2D eigenvalue weighted by atomic mass is 10.0. The van der Waals surface area contributed by atoms with E-state index in [0.717, 1.165) is 0 Å². The molecule has 3 N–H and O–H groups in total. The summed E-state index contributed by atoms with van der Waals surface area (Å²) in [5.41, 5.74) is 2.39. The largest absolute Gasteiger partial charge is 0.548 e. The van der Waals surface area contributed by atoms with Crippen molar-refractivity contribution >= 4 is 33.7 Å². The third-order valence-electron chi connectivity index (χ3n) is 6.01. The summed E-state index contributed by atoms with van der Waals surface area (Å²) < 4.78 is 10.7. The Morgan fingerprint density at radius 2 is 1.94 bits per heavy atom. The van der Waals surface area contributed by atoms with Crippen LogP contribution in [0.2, 0.25) is 0 Å². The van der Waals surface area contributed by atoms with Crippen LogP contribution in [0.1, 0.15) is 22.3 Å². The number of aryl methyl sites for hydroxylation is 2. The Labute approximate surface area is 194 Å². The van der Waals surface area contributed by atoms with Crippen molar-refractivity contribution < 1.29 is 29.0 Å². The number of methoxy groups -OCH3 is 1. The van der Waals surface area contributed by atoms with Crippen LogP contribution in [0.15, 0.2) is 45.7 Å². The average molecular weight is 463 g/mol. The van der Waals surface area contributed by atoms with Crippen molar-refractivity contribution in [2.45, 2.75) is 32.7 Å². The summed E-state index contributed by atoms with van der Waals surface area (Å²) in [7, 11) is 1.52. The zero-order chi connectivity index (χ0) is 24.6. The van der Waals surface area contributed by atoms with Gasteiger partial charge in [0.05, 0.1) is 31.1 Å². The van der Waals surface area contributed by atoms with Crippen molar-refractivity contribution in [1.29, 1.82) is 0 Å². The fourth-order valence-electron chi connectivity index (χ4n) is 4.15. The number of H-pyrrole nitrogens is 1. The zero-order valence-electron chi connectivity index (χ0n) is 18.9. The van der Waals surface area contributed by atoms with Gasteiger partial charge in [0, 0.05) is 34.5 Å². The lowest BCUT2D eigenvalue weighted by molar-refractivity contribution is -0.308. The average Bonchev–Trinajstić information content (AvgIpc) is 3.18. The molecule has 1 amide bonds. The number of hydrogen-bond donors (Lipinski definition) is 3. The van der Waals surface area contributed by atoms with Crippen LogP contribution in [0, 0.1) is 13.8 Å². The Morgan fingerprint density at radius 3 is 2.65 bits per heavy atom. The van der Waals surface area contributed by atoms with E-state index in [1.165, 1.54) is 19.2 Å². The number of carbonyl (C=O) groups is 2. The number of fused-ring (bicyclic) bond motifs is 2. The highest BCUT2D eigenvalue weighted by atomic mass is 16.5. The highest BCUT2D eigenvalue weighted by molar-refractivity contribution is 5.89. The van der Waals surface area contributed by atoms with Crippen molar-refractivity contribution in [2.75, 3.05) is 7.11 Å². The summed E-state index contributed by atoms with van der Waals surface area (Å²) in [6.07, 6.45) is 1.19. The SMILES string of the molecule is COc1ccc2c(C)c(CC(=O)NC(Cc3c[nH]c4ccc(O)cc34)C(=O)[O-])c(=O)oc2c1C. The fourth-order valence-corrected chi connectivity index (χ4v) is 4.15. The maximum Gasteiger partial charge on any atom is 0.340 e. The molecule has 1 atom stereocenters. The van der Waals surface area contributed by atoms with Crippen LogP contribution in [0.25, 0.3) is 21.9 Å². The van der Waals surface area contributed by atoms with Gasteiger partial charge in [0.2, 0.25) is 5.91 Å². The van der Waals surface area contributed by atoms with E-state index >= 15 is 0 Å². The highest BCUT2D eigenvalue weighted by Gasteiger charge is 2.21. The number of carbonyl (C=O) groups excluding carboxylic acids is 2. The number of benzene rings is 2. The predicted octanol–water partition coefficient (Wildman–Crippen LogP) is 1.63. The number of aliphatic carboxylic acids is 1. The second kappa shape index (κ2) is 8.93. The second-order valence-electron chi connectivity index (χ2n) is 8.13. The second-order valence-corrected chi connectivity index (χ2v) is 8.13. The number of aromatic amines is 1. The van der Waals surface area contributed by atoms with Gasteiger partial charge >= 0.3 is 5.63 Å². The molecule has 4 rings (SSSR count). The Morgan fingerprint density at radius 1 is 1.18 bits per heavy atom. The van der Waals surface area contributed by atoms with Gasteiger partial charge in [-0.25, -0.2) is 4.79 Å². The molecule has 176 valence electrons. The summed E-state index contributed by atoms with van der Waals surface area (Å²) in [5, 5.41) is 25.2. The van der Waals surface area contributed by atoms with Crippen LogP contribution in [0.5, 0.6) is 11.5 Å². The monoisotopic (exact) mass is 463 g/mol. The van der Waals surface area contributed by atoms with Gasteiger partial charge in [-0.2, -0.15) is 0 Å². The number of aromatic hydroxyl groups is 1. The highest BCUT2D eigenvalue weighted by Crippen LogP contribution is 2.29. The van der Waals surface area contributed by atoms with Gasteiger partial charge in [0.1, 0.15) is 17.1 Å². The first kappa shape index (κ1) is 22.9. The number of hydrogen-bond acceptors (Lipinski definition) is 7. The number of phenolic OH excluding ortho intramolecular Hbond substituents is 1. The molecule has 2 heterocycles. The van der Waals surface area contributed by atoms with Gasteiger partial charge in [-0.05, 0) is 55.3 Å². The minimum atomic E-state index is -1.46. The number of amides is 1. The molecule has 0 bridgehead atoms. The molecule has 1 unspecified atom stereocenters. The maximum absolute atomic E-state index is 12.7. The van der Waals surface area contributed by atoms with E-state index in [2.05, 4.69) is 10.3 Å². The number of aromatic nitrogens is 1. The lowest BCUT2D eigenvalue weighted by Crippen LogP contribution is -2.49. The molecule has 2 aromatic carbocycles. The molecule has 0 aliphatic rings. The minimum absolute atomic E-state index is 0.0359. The molecule has 2 aromatic heterocycles. The maximum atomic E-state index is 12.7. The summed E-state index contributed by atoms with van der Waals surface area (Å²) in [5.74, 6) is -1.51. The van der Waals surface area contributed by atoms with Crippen LogP contribution in [0.3, 0.4) is 0 Å². The summed E-state index contributed by atoms with van der Waals surface area (Å²) >= 11 is 0. The number of ether oxygens (including phenoxy) is 1. The smallest absolute Gasteiger partial charge is 0.340 e. The van der Waals surface area contributed by atoms with Gasteiger partial charge in [-0.1, -0.05) is 0 Å². The third kappa shape index (κ3) is 4.19. The number of carboxylic acids is 1. The van der Waals surface area contributed by atoms with E-state index in [1.54, 1.807) is 38.2 Å². The number of nitrogens with one attached hydrogen (secondary N) is 2. The standard InChI is InChI=1S/C25H24N2O7/c1-12-16-5-7-21(33-3)13(2)23(16)34-25(32)17(12)10-22(29)27-20(24(30)31)8-14-11-26-19-6-4-15(28)9-18(14)19/h4-7,9,11,20,26,28H,8,10H2,1-3H3,(H,27,29)(H,30,31)/p-1. The van der Waals surface area contributed by atoms with E-state index < -0.39 is 23.5 Å². The van der Waals surface area contributed by atoms with Gasteiger partial charge < -0.3 is 34.5 Å². The molecule has 9 nitrogen and oxygen atoms in total. The van der Waals surface area contributed by atoms with Gasteiger partial charge in [0.15, 0.2) is 0 Å². The number of carboxylic acid groups (broad SMARTS) is 1. The molecule has 9 heteroatoms. The molecule has 0 aliphatic carbocycles. The summed E-state index contributed by atoms with van der Waals surface area (Å²) in [4.78, 5) is 40.1. The molecule has 0 spiro atoms. The number of rotatable bonds is 7. The van der Waals surface area contributed by atoms with Crippen LogP contribution >= 0.6 is 0 Å². The molecule has 0 aliphatic heterocycles. The van der Waals surface area contributed by atoms with Crippen molar-refractivity contribution in [2.24, 2.45) is 0 Å². The molecule has 0 saturated heterocycles. The van der Waals surface area contributed by atoms with Crippen molar-refractivity contribution in [1.82, 2.24) is 10.3 Å². The lowest BCUT2D eigenvalue weighted by Gasteiger charge is -2.20. The fraction of sp³-hybridized carbons (Fsp3) is 0.240. The molecule has 4 aromatic rings. The minimum Gasteiger partial charge on any atom is -0.548 e. The van der Waals surface area contributed by atoms with Crippen LogP contribution in [0.4, 0.5) is 0 Å². The van der Waals surface area contributed by atoms with Gasteiger partial charge in [0.25, 0.3) is 0 Å². The quantitative estimate of drug-likeness (QED) is 0.353. The molecular weight excluding hydrogens is 440 g/mol. The van der Waals surface area contributed by atoms with E-state index in [0.29, 0.717) is 44.3 Å². The van der Waals surface area contributed by atoms with E-state index in [1.807, 2.05) is 0 Å². The first-order chi connectivity index (χ1) is 16.2. The third-order valence-corrected chi connectivity index (χ3v) is 6.01. The predicted molar refractivity (Wildman–Crippen MR) is 123 cm³/mol. The molecule has 0 saturated carbocycles. The Balaban J connectivity index is 1.58. The molecule has 34 heavy (non-hydrogen) atoms. The van der Waals surface area contributed by atoms with Crippen LogP contribution < -0.4 is 20.8 Å². The Bertz CT molecular complexity index is 1480. The van der Waals surface area contributed by atoms with E-state index in [9.17, 15) is 24.6 Å². The summed E-state index contributed by atoms with van der Waals surface area (Å²) in [6, 6.07) is 6.84. The first-order valence-corrected chi connectivity index (χ1v) is 10.6. The molecule has 0 fully saturated rings. The van der Waals surface area contributed by atoms with E-state index in [-0.39, 0.29) is 24.2 Å². The van der Waals surface area contributed by atoms with Crippen LogP contribution in [-0.4, -0.2) is 35.1 Å². The Kier molecular flexibility index (Phi) is 6.02. The van der Waals surface area contributed by atoms with Gasteiger partial charge in [-0.15, -0.1) is 0 Å². The summed E-state index contributed by atoms with van der Waals surface area (Å²) in [6.45, 7) is 3.48. The van der Waals surface area contributed by atoms with Crippen LogP contribution in [-0.2, 0) is 22.4 Å². The molecular formula is C25H23N2O7-. The van der Waals surface area contributed by atoms with Crippen molar-refractivity contribution in [3.05, 3.63) is 69.2 Å². The normalized spacial score (nSPS) is 12.1. The van der Waals surface area contributed by atoms with Gasteiger partial charge in [-0.3, -0.25) is 4.79 Å². The first-order valence-electron chi connectivity index (χ1n) is 10.6. The van der Waals surface area contributed by atoms with Crippen molar-refractivity contribution in [3.8, 4) is 11.5 Å². The zero-order valence-corrected chi connectivity index (χ0v) is 18.9. The van der Waals surface area contributed by atoms with E-state index in [4.69, 9.17) is 9.15 Å².